The zero-order valence-electron chi connectivity index (χ0n) is 18.2. The topological polar surface area (TPSA) is 87.2 Å². The minimum atomic E-state index is -4.02. The molecule has 5 nitrogen and oxygen atoms in total. The fourth-order valence-corrected chi connectivity index (χ4v) is 6.45. The number of carbonyl (C=O) groups is 1. The molecule has 2 aromatic carbocycles. The molecule has 0 saturated carbocycles. The van der Waals surface area contributed by atoms with Crippen molar-refractivity contribution in [2.24, 2.45) is 5.92 Å². The lowest BCUT2D eigenvalue weighted by molar-refractivity contribution is -0.140. The number of aromatic amines is 1. The lowest BCUT2D eigenvalue weighted by Crippen LogP contribution is -2.25. The first-order valence-electron chi connectivity index (χ1n) is 10.3. The Labute approximate surface area is 203 Å². The van der Waals surface area contributed by atoms with Gasteiger partial charge in [0.25, 0.3) is 0 Å². The van der Waals surface area contributed by atoms with Crippen molar-refractivity contribution in [1.29, 1.82) is 0 Å². The quantitative estimate of drug-likeness (QED) is 0.276. The van der Waals surface area contributed by atoms with Crippen LogP contribution in [0.15, 0.2) is 52.9 Å². The van der Waals surface area contributed by atoms with Crippen LogP contribution in [0.4, 0.5) is 13.2 Å². The van der Waals surface area contributed by atoms with E-state index in [-0.39, 0.29) is 15.2 Å². The summed E-state index contributed by atoms with van der Waals surface area (Å²) < 4.78 is 68.6. The lowest BCUT2D eigenvalue weighted by atomic mass is 9.99. The van der Waals surface area contributed by atoms with E-state index in [0.717, 1.165) is 23.8 Å². The van der Waals surface area contributed by atoms with Gasteiger partial charge in [0.1, 0.15) is 10.0 Å². The third kappa shape index (κ3) is 4.97. The molecule has 2 heterocycles. The maximum atomic E-state index is 14.7. The smallest absolute Gasteiger partial charge is 0.307 e. The number of H-pyrrole nitrogens is 1. The number of aliphatic carboxylic acids is 1. The molecule has 0 fully saturated rings. The molecule has 10 heteroatoms. The minimum Gasteiger partial charge on any atom is -0.481 e. The molecule has 4 rings (SSSR count). The molecule has 0 radical (unpaired) electrons. The van der Waals surface area contributed by atoms with Crippen molar-refractivity contribution < 1.29 is 31.5 Å². The summed E-state index contributed by atoms with van der Waals surface area (Å²) in [7, 11) is -4.02. The van der Waals surface area contributed by atoms with E-state index in [0.29, 0.717) is 4.88 Å². The fraction of sp³-hybridized carbons (Fsp3) is 0.160. The van der Waals surface area contributed by atoms with Gasteiger partial charge in [-0.2, -0.15) is 0 Å². The highest BCUT2D eigenvalue weighted by Gasteiger charge is 2.30. The standard InChI is InChI=1S/C25H18F3NO4S2/c1-14-21(26)20-16(12-29-24(20)23(28)22(14)27)11-17(25(30)31)13-35(32,33)19-10-9-18(34-19)8-7-15-5-3-2-4-6-15/h2-6,9-10,12,17,29H,11,13H2,1H3,(H,30,31)/t17-/m0/s1. The maximum Gasteiger partial charge on any atom is 0.307 e. The van der Waals surface area contributed by atoms with Crippen LogP contribution in [-0.4, -0.2) is 30.2 Å². The van der Waals surface area contributed by atoms with Crippen LogP contribution in [0, 0.1) is 42.1 Å². The molecule has 0 unspecified atom stereocenters. The molecule has 0 saturated heterocycles. The van der Waals surface area contributed by atoms with E-state index in [9.17, 15) is 31.5 Å². The number of thiophene rings is 1. The van der Waals surface area contributed by atoms with E-state index in [4.69, 9.17) is 0 Å². The lowest BCUT2D eigenvalue weighted by Gasteiger charge is -2.12. The van der Waals surface area contributed by atoms with Crippen LogP contribution in [0.3, 0.4) is 0 Å². The van der Waals surface area contributed by atoms with E-state index in [1.165, 1.54) is 12.3 Å². The summed E-state index contributed by atoms with van der Waals surface area (Å²) in [5.41, 5.74) is -0.179. The summed E-state index contributed by atoms with van der Waals surface area (Å²) in [6.07, 6.45) is 0.767. The molecule has 0 bridgehead atoms. The third-order valence-electron chi connectivity index (χ3n) is 5.48. The number of carboxylic acids is 1. The van der Waals surface area contributed by atoms with Crippen molar-refractivity contribution in [3.8, 4) is 11.8 Å². The highest BCUT2D eigenvalue weighted by Crippen LogP contribution is 2.32. The number of fused-ring (bicyclic) bond motifs is 1. The molecule has 0 amide bonds. The maximum absolute atomic E-state index is 14.7. The summed E-state index contributed by atoms with van der Waals surface area (Å²) in [6.45, 7) is 1.07. The van der Waals surface area contributed by atoms with Crippen molar-refractivity contribution in [2.75, 3.05) is 5.75 Å². The van der Waals surface area contributed by atoms with Gasteiger partial charge < -0.3 is 10.1 Å². The molecule has 4 aromatic rings. The van der Waals surface area contributed by atoms with Crippen LogP contribution < -0.4 is 0 Å². The number of carboxylic acid groups (broad SMARTS) is 1. The number of benzene rings is 2. The molecular weight excluding hydrogens is 499 g/mol. The zero-order chi connectivity index (χ0) is 25.3. The number of sulfone groups is 1. The van der Waals surface area contributed by atoms with Gasteiger partial charge in [0.2, 0.25) is 0 Å². The first-order chi connectivity index (χ1) is 16.6. The molecule has 0 aliphatic rings. The molecule has 2 aromatic heterocycles. The molecule has 180 valence electrons. The van der Waals surface area contributed by atoms with E-state index in [1.54, 1.807) is 6.07 Å². The predicted molar refractivity (Wildman–Crippen MR) is 127 cm³/mol. The average Bonchev–Trinajstić information content (AvgIpc) is 3.48. The highest BCUT2D eigenvalue weighted by atomic mass is 32.2. The fourth-order valence-electron chi connectivity index (χ4n) is 3.65. The Hall–Kier alpha value is -3.55. The Kier molecular flexibility index (Phi) is 6.74. The Morgan fingerprint density at radius 1 is 1.06 bits per heavy atom. The molecule has 2 N–H and O–H groups in total. The molecule has 0 aliphatic heterocycles. The van der Waals surface area contributed by atoms with E-state index < -0.39 is 62.4 Å². The molecule has 35 heavy (non-hydrogen) atoms. The van der Waals surface area contributed by atoms with Gasteiger partial charge in [0, 0.05) is 22.7 Å². The Balaban J connectivity index is 1.60. The van der Waals surface area contributed by atoms with Crippen LogP contribution >= 0.6 is 11.3 Å². The van der Waals surface area contributed by atoms with Crippen LogP contribution in [0.5, 0.6) is 0 Å². The second kappa shape index (κ2) is 9.60. The van der Waals surface area contributed by atoms with Crippen molar-refractivity contribution in [3.05, 3.63) is 87.7 Å². The number of halogens is 3. The predicted octanol–water partition coefficient (Wildman–Crippen LogP) is 5.07. The second-order valence-electron chi connectivity index (χ2n) is 7.89. The third-order valence-corrected chi connectivity index (χ3v) is 8.88. The summed E-state index contributed by atoms with van der Waals surface area (Å²) >= 11 is 0.919. The Morgan fingerprint density at radius 3 is 2.46 bits per heavy atom. The SMILES string of the molecule is Cc1c(F)c(F)c2[nH]cc(C[C@@H](CS(=O)(=O)c3ccc(C#Cc4ccccc4)s3)C(=O)O)c2c1F. The van der Waals surface area contributed by atoms with Crippen LogP contribution in [0.1, 0.15) is 21.6 Å². The Bertz CT molecular complexity index is 1600. The zero-order valence-corrected chi connectivity index (χ0v) is 19.9. The summed E-state index contributed by atoms with van der Waals surface area (Å²) in [5, 5.41) is 9.38. The van der Waals surface area contributed by atoms with E-state index >= 15 is 0 Å². The van der Waals surface area contributed by atoms with Crippen molar-refractivity contribution >= 4 is 38.0 Å². The van der Waals surface area contributed by atoms with E-state index in [2.05, 4.69) is 16.8 Å². The van der Waals surface area contributed by atoms with Crippen LogP contribution in [0.25, 0.3) is 10.9 Å². The molecule has 0 spiro atoms. The molecule has 0 aliphatic carbocycles. The number of rotatable bonds is 6. The number of hydrogen-bond acceptors (Lipinski definition) is 4. The number of aromatic nitrogens is 1. The van der Waals surface area contributed by atoms with Crippen LogP contribution in [-0.2, 0) is 21.1 Å². The summed E-state index contributed by atoms with van der Waals surface area (Å²) in [5.74, 6) is -1.47. The average molecular weight is 518 g/mol. The van der Waals surface area contributed by atoms with Gasteiger partial charge in [-0.25, -0.2) is 21.6 Å². The summed E-state index contributed by atoms with van der Waals surface area (Å²) in [4.78, 5) is 14.8. The van der Waals surface area contributed by atoms with Crippen molar-refractivity contribution in [3.63, 3.8) is 0 Å². The summed E-state index contributed by atoms with van der Waals surface area (Å²) in [6, 6.07) is 12.0. The van der Waals surface area contributed by atoms with Gasteiger partial charge in [-0.15, -0.1) is 11.3 Å². The van der Waals surface area contributed by atoms with Crippen molar-refractivity contribution in [2.45, 2.75) is 17.6 Å². The molecule has 1 atom stereocenters. The number of nitrogens with one attached hydrogen (secondary N) is 1. The normalized spacial score (nSPS) is 12.3. The van der Waals surface area contributed by atoms with Crippen molar-refractivity contribution in [1.82, 2.24) is 4.98 Å². The first-order valence-corrected chi connectivity index (χ1v) is 12.8. The minimum absolute atomic E-state index is 0.0442. The number of hydrogen-bond donors (Lipinski definition) is 2. The van der Waals surface area contributed by atoms with Gasteiger partial charge in [0.05, 0.1) is 22.1 Å². The van der Waals surface area contributed by atoms with Gasteiger partial charge in [-0.3, -0.25) is 4.79 Å². The monoisotopic (exact) mass is 517 g/mol. The van der Waals surface area contributed by atoms with Gasteiger partial charge in [-0.05, 0) is 43.2 Å². The van der Waals surface area contributed by atoms with Gasteiger partial charge in [-0.1, -0.05) is 30.0 Å². The largest absolute Gasteiger partial charge is 0.481 e. The Morgan fingerprint density at radius 2 is 1.77 bits per heavy atom. The van der Waals surface area contributed by atoms with Crippen LogP contribution in [0.2, 0.25) is 0 Å². The first kappa shape index (κ1) is 24.6. The van der Waals surface area contributed by atoms with E-state index in [1.807, 2.05) is 30.3 Å². The van der Waals surface area contributed by atoms with Gasteiger partial charge >= 0.3 is 5.97 Å². The van der Waals surface area contributed by atoms with Gasteiger partial charge in [0.15, 0.2) is 21.5 Å². The molecular formula is C25H18F3NO4S2. The highest BCUT2D eigenvalue weighted by molar-refractivity contribution is 7.93. The second-order valence-corrected chi connectivity index (χ2v) is 11.2.